The number of hydrogen-bond donors (Lipinski definition) is 2. The number of hydrogen-bond acceptors (Lipinski definition) is 3. The topological polar surface area (TPSA) is 76.0 Å². The maximum absolute atomic E-state index is 13.5. The second-order valence-electron chi connectivity index (χ2n) is 7.60. The monoisotopic (exact) mass is 490 g/mol. The number of nitrogens with one attached hydrogen (secondary N) is 2. The van der Waals surface area contributed by atoms with Gasteiger partial charge in [0.25, 0.3) is 0 Å². The summed E-state index contributed by atoms with van der Waals surface area (Å²) in [4.78, 5) is 23.6. The minimum Gasteiger partial charge on any atom is -0.326 e. The van der Waals surface area contributed by atoms with Crippen molar-refractivity contribution in [2.24, 2.45) is 0 Å². The molecule has 2 N–H and O–H groups in total. The first kappa shape index (κ1) is 25.0. The number of carbonyl (C=O) groups is 2. The SMILES string of the molecule is CC(=O)Nc1ccc(NC(=O)C=Cc2c(C)nn(Cc3ccccc3Cl)c2C)c(C(F)(F)F)c1. The summed E-state index contributed by atoms with van der Waals surface area (Å²) in [5.74, 6) is -1.25. The highest BCUT2D eigenvalue weighted by molar-refractivity contribution is 6.31. The predicted octanol–water partition coefficient (Wildman–Crippen LogP) is 5.83. The molecule has 0 unspecified atom stereocenters. The first-order chi connectivity index (χ1) is 16.0. The van der Waals surface area contributed by atoms with Crippen molar-refractivity contribution < 1.29 is 22.8 Å². The van der Waals surface area contributed by atoms with E-state index in [4.69, 9.17) is 11.6 Å². The molecule has 0 radical (unpaired) electrons. The molecule has 178 valence electrons. The highest BCUT2D eigenvalue weighted by Crippen LogP contribution is 2.36. The van der Waals surface area contributed by atoms with Crippen molar-refractivity contribution in [3.05, 3.63) is 81.6 Å². The quantitative estimate of drug-likeness (QED) is 0.427. The lowest BCUT2D eigenvalue weighted by Crippen LogP contribution is -2.16. The Bertz CT molecular complexity index is 1270. The molecule has 6 nitrogen and oxygen atoms in total. The van der Waals surface area contributed by atoms with Gasteiger partial charge < -0.3 is 10.6 Å². The van der Waals surface area contributed by atoms with Gasteiger partial charge in [0.2, 0.25) is 11.8 Å². The fourth-order valence-corrected chi connectivity index (χ4v) is 3.59. The fraction of sp³-hybridized carbons (Fsp3) is 0.208. The average Bonchev–Trinajstić information content (AvgIpc) is 3.00. The Morgan fingerprint density at radius 3 is 2.47 bits per heavy atom. The van der Waals surface area contributed by atoms with Crippen LogP contribution < -0.4 is 10.6 Å². The van der Waals surface area contributed by atoms with Gasteiger partial charge in [-0.3, -0.25) is 14.3 Å². The lowest BCUT2D eigenvalue weighted by molar-refractivity contribution is -0.137. The molecule has 10 heteroatoms. The van der Waals surface area contributed by atoms with Gasteiger partial charge >= 0.3 is 6.18 Å². The maximum atomic E-state index is 13.5. The van der Waals surface area contributed by atoms with Gasteiger partial charge in [0.1, 0.15) is 0 Å². The third kappa shape index (κ3) is 6.05. The maximum Gasteiger partial charge on any atom is 0.418 e. The molecule has 2 aromatic carbocycles. The Morgan fingerprint density at radius 2 is 1.82 bits per heavy atom. The van der Waals surface area contributed by atoms with Crippen LogP contribution in [-0.2, 0) is 22.3 Å². The number of benzene rings is 2. The summed E-state index contributed by atoms with van der Waals surface area (Å²) in [6, 6.07) is 10.5. The molecule has 0 saturated carbocycles. The number of anilines is 2. The molecule has 1 heterocycles. The van der Waals surface area contributed by atoms with Gasteiger partial charge in [0.05, 0.1) is 23.5 Å². The Hall–Kier alpha value is -3.59. The van der Waals surface area contributed by atoms with Crippen LogP contribution in [0, 0.1) is 13.8 Å². The standard InChI is InChI=1S/C24H22ClF3N4O2/c1-14-19(15(2)32(31-14)13-17-6-4-5-7-21(17)25)9-11-23(34)30-22-10-8-18(29-16(3)33)12-20(22)24(26,27)28/h4-12H,13H2,1-3H3,(H,29,33)(H,30,34). The van der Waals surface area contributed by atoms with E-state index in [-0.39, 0.29) is 5.69 Å². The molecular formula is C24H22ClF3N4O2. The molecular weight excluding hydrogens is 469 g/mol. The normalized spacial score (nSPS) is 11.6. The minimum atomic E-state index is -4.73. The largest absolute Gasteiger partial charge is 0.418 e. The molecule has 2 amide bonds. The summed E-state index contributed by atoms with van der Waals surface area (Å²) in [7, 11) is 0. The smallest absolute Gasteiger partial charge is 0.326 e. The zero-order valence-electron chi connectivity index (χ0n) is 18.6. The third-order valence-corrected chi connectivity index (χ3v) is 5.39. The average molecular weight is 491 g/mol. The van der Waals surface area contributed by atoms with Crippen molar-refractivity contribution in [1.29, 1.82) is 0 Å². The molecule has 3 rings (SSSR count). The second-order valence-corrected chi connectivity index (χ2v) is 8.00. The van der Waals surface area contributed by atoms with Gasteiger partial charge in [-0.25, -0.2) is 0 Å². The van der Waals surface area contributed by atoms with E-state index in [0.717, 1.165) is 29.5 Å². The summed E-state index contributed by atoms with van der Waals surface area (Å²) >= 11 is 6.22. The lowest BCUT2D eigenvalue weighted by Gasteiger charge is -2.15. The number of alkyl halides is 3. The molecule has 0 aliphatic rings. The van der Waals surface area contributed by atoms with E-state index in [1.54, 1.807) is 17.7 Å². The van der Waals surface area contributed by atoms with E-state index in [2.05, 4.69) is 15.7 Å². The van der Waals surface area contributed by atoms with E-state index in [1.165, 1.54) is 19.1 Å². The zero-order chi connectivity index (χ0) is 25.0. The van der Waals surface area contributed by atoms with Gasteiger partial charge in [-0.15, -0.1) is 0 Å². The van der Waals surface area contributed by atoms with Crippen LogP contribution >= 0.6 is 11.6 Å². The van der Waals surface area contributed by atoms with Crippen LogP contribution in [0.4, 0.5) is 24.5 Å². The van der Waals surface area contributed by atoms with Gasteiger partial charge in [0.15, 0.2) is 0 Å². The Morgan fingerprint density at radius 1 is 1.12 bits per heavy atom. The molecule has 0 spiro atoms. The van der Waals surface area contributed by atoms with Gasteiger partial charge in [0, 0.05) is 35.0 Å². The number of aromatic nitrogens is 2. The molecule has 3 aromatic rings. The molecule has 0 atom stereocenters. The van der Waals surface area contributed by atoms with Crippen LogP contribution in [0.5, 0.6) is 0 Å². The van der Waals surface area contributed by atoms with Crippen molar-refractivity contribution in [3.8, 4) is 0 Å². The van der Waals surface area contributed by atoms with Crippen LogP contribution in [0.3, 0.4) is 0 Å². The highest BCUT2D eigenvalue weighted by atomic mass is 35.5. The zero-order valence-corrected chi connectivity index (χ0v) is 19.4. The van der Waals surface area contributed by atoms with Crippen LogP contribution in [0.2, 0.25) is 5.02 Å². The Kier molecular flexibility index (Phi) is 7.46. The van der Waals surface area contributed by atoms with Crippen LogP contribution in [0.15, 0.2) is 48.5 Å². The fourth-order valence-electron chi connectivity index (χ4n) is 3.40. The Labute approximate surface area is 199 Å². The summed E-state index contributed by atoms with van der Waals surface area (Å²) in [6.45, 7) is 5.23. The highest BCUT2D eigenvalue weighted by Gasteiger charge is 2.34. The molecule has 0 bridgehead atoms. The molecule has 0 saturated heterocycles. The lowest BCUT2D eigenvalue weighted by atomic mass is 10.1. The number of aryl methyl sites for hydroxylation is 1. The summed E-state index contributed by atoms with van der Waals surface area (Å²) in [6.07, 6.45) is -2.07. The second kappa shape index (κ2) is 10.1. The minimum absolute atomic E-state index is 0.0226. The van der Waals surface area contributed by atoms with E-state index in [1.807, 2.05) is 25.1 Å². The summed E-state index contributed by atoms with van der Waals surface area (Å²) in [5.41, 5.74) is 1.48. The van der Waals surface area contributed by atoms with Crippen molar-refractivity contribution in [1.82, 2.24) is 9.78 Å². The molecule has 1 aromatic heterocycles. The van der Waals surface area contributed by atoms with Crippen molar-refractivity contribution in [2.45, 2.75) is 33.5 Å². The summed E-state index contributed by atoms with van der Waals surface area (Å²) < 4.78 is 42.2. The van der Waals surface area contributed by atoms with Gasteiger partial charge in [-0.1, -0.05) is 29.8 Å². The van der Waals surface area contributed by atoms with E-state index in [0.29, 0.717) is 22.8 Å². The number of halogens is 4. The van der Waals surface area contributed by atoms with Crippen LogP contribution in [0.1, 0.15) is 35.0 Å². The van der Waals surface area contributed by atoms with Crippen LogP contribution in [-0.4, -0.2) is 21.6 Å². The molecule has 34 heavy (non-hydrogen) atoms. The first-order valence-electron chi connectivity index (χ1n) is 10.2. The van der Waals surface area contributed by atoms with Crippen molar-refractivity contribution in [3.63, 3.8) is 0 Å². The summed E-state index contributed by atoms with van der Waals surface area (Å²) in [5, 5.41) is 9.64. The number of amides is 2. The van der Waals surface area contributed by atoms with E-state index >= 15 is 0 Å². The van der Waals surface area contributed by atoms with E-state index in [9.17, 15) is 22.8 Å². The first-order valence-corrected chi connectivity index (χ1v) is 10.6. The number of nitrogens with zero attached hydrogens (tertiary/aromatic N) is 2. The van der Waals surface area contributed by atoms with E-state index < -0.39 is 29.2 Å². The molecule has 0 fully saturated rings. The van der Waals surface area contributed by atoms with Crippen LogP contribution in [0.25, 0.3) is 6.08 Å². The molecule has 0 aliphatic carbocycles. The van der Waals surface area contributed by atoms with Gasteiger partial charge in [-0.2, -0.15) is 18.3 Å². The number of rotatable bonds is 6. The predicted molar refractivity (Wildman–Crippen MR) is 126 cm³/mol. The van der Waals surface area contributed by atoms with Crippen molar-refractivity contribution >= 4 is 40.9 Å². The Balaban J connectivity index is 1.80. The third-order valence-electron chi connectivity index (χ3n) is 5.02. The molecule has 0 aliphatic heterocycles. The van der Waals surface area contributed by atoms with Crippen molar-refractivity contribution in [2.75, 3.05) is 10.6 Å². The van der Waals surface area contributed by atoms with Gasteiger partial charge in [-0.05, 0) is 49.8 Å². The number of carbonyl (C=O) groups excluding carboxylic acids is 2.